The molecule has 0 saturated carbocycles. The van der Waals surface area contributed by atoms with Crippen molar-refractivity contribution in [2.75, 3.05) is 7.11 Å². The van der Waals surface area contributed by atoms with E-state index >= 15 is 0 Å². The topological polar surface area (TPSA) is 94.8 Å². The monoisotopic (exact) mass is 401 g/mol. The fourth-order valence-corrected chi connectivity index (χ4v) is 3.37. The molecule has 0 aliphatic carbocycles. The van der Waals surface area contributed by atoms with Gasteiger partial charge >= 0.3 is 5.69 Å². The molecule has 25 heavy (non-hydrogen) atoms. The molecule has 9 heteroatoms. The number of hydrogen-bond acceptors (Lipinski definition) is 5. The highest BCUT2D eigenvalue weighted by molar-refractivity contribution is 9.10. The van der Waals surface area contributed by atoms with E-state index in [0.29, 0.717) is 26.9 Å². The molecular weight excluding hydrogens is 390 g/mol. The highest BCUT2D eigenvalue weighted by Gasteiger charge is 2.17. The SMILES string of the molecule is COc1cc(Br)cc2[nH]c(=O)n(-c3cncc4cnn(C)c34)c(=O)c12. The lowest BCUT2D eigenvalue weighted by Crippen LogP contribution is -2.34. The van der Waals surface area contributed by atoms with Crippen LogP contribution in [0, 0.1) is 0 Å². The summed E-state index contributed by atoms with van der Waals surface area (Å²) in [5, 5.41) is 5.18. The summed E-state index contributed by atoms with van der Waals surface area (Å²) in [7, 11) is 3.21. The van der Waals surface area contributed by atoms with Crippen LogP contribution in [0.1, 0.15) is 0 Å². The number of nitrogens with zero attached hydrogens (tertiary/aromatic N) is 4. The van der Waals surface area contributed by atoms with Gasteiger partial charge in [-0.15, -0.1) is 0 Å². The maximum atomic E-state index is 13.1. The largest absolute Gasteiger partial charge is 0.496 e. The van der Waals surface area contributed by atoms with E-state index in [-0.39, 0.29) is 5.39 Å². The molecule has 0 saturated heterocycles. The summed E-state index contributed by atoms with van der Waals surface area (Å²) in [5.41, 5.74) is 0.336. The zero-order valence-corrected chi connectivity index (χ0v) is 14.9. The van der Waals surface area contributed by atoms with Gasteiger partial charge in [-0.25, -0.2) is 9.36 Å². The highest BCUT2D eigenvalue weighted by Crippen LogP contribution is 2.26. The Labute approximate surface area is 148 Å². The second kappa shape index (κ2) is 5.55. The van der Waals surface area contributed by atoms with Gasteiger partial charge in [0.05, 0.1) is 36.2 Å². The molecule has 4 rings (SSSR count). The average Bonchev–Trinajstić information content (AvgIpc) is 2.95. The van der Waals surface area contributed by atoms with Crippen molar-refractivity contribution in [3.05, 3.63) is 56.0 Å². The van der Waals surface area contributed by atoms with Crippen LogP contribution in [0.25, 0.3) is 27.5 Å². The quantitative estimate of drug-likeness (QED) is 0.551. The number of ether oxygens (including phenoxy) is 1. The number of benzene rings is 1. The van der Waals surface area contributed by atoms with E-state index in [9.17, 15) is 9.59 Å². The molecule has 8 nitrogen and oxygen atoms in total. The van der Waals surface area contributed by atoms with Crippen LogP contribution in [0.5, 0.6) is 5.75 Å². The Kier molecular flexibility index (Phi) is 3.46. The van der Waals surface area contributed by atoms with Gasteiger partial charge in [0.2, 0.25) is 0 Å². The first-order valence-electron chi connectivity index (χ1n) is 7.30. The predicted molar refractivity (Wildman–Crippen MR) is 96.5 cm³/mol. The molecule has 0 spiro atoms. The second-order valence-electron chi connectivity index (χ2n) is 5.47. The molecule has 3 aromatic heterocycles. The minimum atomic E-state index is -0.562. The number of pyridine rings is 1. The van der Waals surface area contributed by atoms with E-state index in [0.717, 1.165) is 9.95 Å². The van der Waals surface area contributed by atoms with Gasteiger partial charge in [-0.3, -0.25) is 14.5 Å². The molecule has 1 aromatic carbocycles. The minimum Gasteiger partial charge on any atom is -0.496 e. The molecule has 4 aromatic rings. The van der Waals surface area contributed by atoms with Crippen LogP contribution < -0.4 is 16.0 Å². The molecule has 0 amide bonds. The lowest BCUT2D eigenvalue weighted by Gasteiger charge is -2.11. The third kappa shape index (κ3) is 2.27. The van der Waals surface area contributed by atoms with Crippen molar-refractivity contribution in [1.82, 2.24) is 24.3 Å². The molecule has 1 N–H and O–H groups in total. The molecule has 0 fully saturated rings. The van der Waals surface area contributed by atoms with E-state index in [1.807, 2.05) is 0 Å². The van der Waals surface area contributed by atoms with Gasteiger partial charge in [0.15, 0.2) is 0 Å². The van der Waals surface area contributed by atoms with Gasteiger partial charge in [0.25, 0.3) is 5.56 Å². The molecule has 3 heterocycles. The summed E-state index contributed by atoms with van der Waals surface area (Å²) in [6.07, 6.45) is 4.73. The van der Waals surface area contributed by atoms with Gasteiger partial charge in [-0.1, -0.05) is 15.9 Å². The normalized spacial score (nSPS) is 11.3. The predicted octanol–water partition coefficient (Wildman–Crippen LogP) is 1.73. The van der Waals surface area contributed by atoms with Crippen molar-refractivity contribution in [2.45, 2.75) is 0 Å². The van der Waals surface area contributed by atoms with Crippen molar-refractivity contribution in [3.8, 4) is 11.4 Å². The second-order valence-corrected chi connectivity index (χ2v) is 6.38. The fourth-order valence-electron chi connectivity index (χ4n) is 2.93. The zero-order valence-electron chi connectivity index (χ0n) is 13.3. The minimum absolute atomic E-state index is 0.282. The van der Waals surface area contributed by atoms with E-state index in [1.54, 1.807) is 36.3 Å². The van der Waals surface area contributed by atoms with Crippen molar-refractivity contribution in [1.29, 1.82) is 0 Å². The third-order valence-corrected chi connectivity index (χ3v) is 4.47. The van der Waals surface area contributed by atoms with Crippen LogP contribution in [0.4, 0.5) is 0 Å². The number of halogens is 1. The number of H-pyrrole nitrogens is 1. The fraction of sp³-hybridized carbons (Fsp3) is 0.125. The standard InChI is InChI=1S/C16H12BrN5O3/c1-21-14-8(6-19-21)5-18-7-11(14)22-15(23)13-10(20-16(22)24)3-9(17)4-12(13)25-2/h3-7H,1-2H3,(H,20,24). The first-order valence-corrected chi connectivity index (χ1v) is 8.09. The van der Waals surface area contributed by atoms with Gasteiger partial charge in [-0.05, 0) is 12.1 Å². The summed E-state index contributed by atoms with van der Waals surface area (Å²) in [4.78, 5) is 32.6. The first kappa shape index (κ1) is 15.6. The van der Waals surface area contributed by atoms with Gasteiger partial charge in [0, 0.05) is 23.1 Å². The van der Waals surface area contributed by atoms with Crippen molar-refractivity contribution in [3.63, 3.8) is 0 Å². The molecule has 0 aliphatic heterocycles. The number of aryl methyl sites for hydroxylation is 1. The maximum absolute atomic E-state index is 13.1. The van der Waals surface area contributed by atoms with Gasteiger partial charge in [-0.2, -0.15) is 5.10 Å². The molecule has 0 aliphatic rings. The van der Waals surface area contributed by atoms with Crippen LogP contribution in [-0.2, 0) is 7.05 Å². The van der Waals surface area contributed by atoms with Crippen LogP contribution in [0.3, 0.4) is 0 Å². The summed E-state index contributed by atoms with van der Waals surface area (Å²) >= 11 is 3.34. The Morgan fingerprint density at radius 1 is 1.20 bits per heavy atom. The van der Waals surface area contributed by atoms with Crippen molar-refractivity contribution < 1.29 is 4.74 Å². The Bertz CT molecular complexity index is 1250. The van der Waals surface area contributed by atoms with E-state index in [2.05, 4.69) is 31.0 Å². The summed E-state index contributed by atoms with van der Waals surface area (Å²) < 4.78 is 8.66. The number of aromatic amines is 1. The molecule has 0 bridgehead atoms. The summed E-state index contributed by atoms with van der Waals surface area (Å²) in [6, 6.07) is 3.34. The Balaban J connectivity index is 2.19. The van der Waals surface area contributed by atoms with Crippen molar-refractivity contribution >= 4 is 37.7 Å². The van der Waals surface area contributed by atoms with Crippen LogP contribution in [0.2, 0.25) is 0 Å². The number of aromatic nitrogens is 5. The number of methoxy groups -OCH3 is 1. The van der Waals surface area contributed by atoms with Crippen LogP contribution >= 0.6 is 15.9 Å². The maximum Gasteiger partial charge on any atom is 0.333 e. The number of rotatable bonds is 2. The zero-order chi connectivity index (χ0) is 17.7. The molecule has 0 radical (unpaired) electrons. The number of nitrogens with one attached hydrogen (secondary N) is 1. The Morgan fingerprint density at radius 2 is 2.00 bits per heavy atom. The molecular formula is C16H12BrN5O3. The van der Waals surface area contributed by atoms with Crippen LogP contribution in [0.15, 0.2) is 44.8 Å². The molecule has 126 valence electrons. The van der Waals surface area contributed by atoms with E-state index in [1.165, 1.54) is 13.3 Å². The number of fused-ring (bicyclic) bond motifs is 2. The van der Waals surface area contributed by atoms with E-state index < -0.39 is 11.2 Å². The molecule has 0 atom stereocenters. The Hall–Kier alpha value is -2.94. The Morgan fingerprint density at radius 3 is 2.76 bits per heavy atom. The van der Waals surface area contributed by atoms with Crippen molar-refractivity contribution in [2.24, 2.45) is 7.05 Å². The lowest BCUT2D eigenvalue weighted by molar-refractivity contribution is 0.419. The number of hydrogen-bond donors (Lipinski definition) is 1. The summed E-state index contributed by atoms with van der Waals surface area (Å²) in [6.45, 7) is 0. The third-order valence-electron chi connectivity index (χ3n) is 4.01. The van der Waals surface area contributed by atoms with Crippen LogP contribution in [-0.4, -0.2) is 31.4 Å². The highest BCUT2D eigenvalue weighted by atomic mass is 79.9. The van der Waals surface area contributed by atoms with E-state index in [4.69, 9.17) is 4.74 Å². The smallest absolute Gasteiger partial charge is 0.333 e. The lowest BCUT2D eigenvalue weighted by atomic mass is 10.2. The first-order chi connectivity index (χ1) is 12.0. The van der Waals surface area contributed by atoms with Gasteiger partial charge in [0.1, 0.15) is 11.1 Å². The molecule has 0 unspecified atom stereocenters. The average molecular weight is 402 g/mol. The summed E-state index contributed by atoms with van der Waals surface area (Å²) in [5.74, 6) is 0.365. The van der Waals surface area contributed by atoms with Gasteiger partial charge < -0.3 is 9.72 Å².